The standard InChI is InChI=1S/C25H30N4O/c1-18-16-20(11-12-23(18)28-25(19(2)30)13-4-5-14-25)8-7-15-29(3)22-10-6-9-21(17-22)24(26)27/h6,9-12,16-17,28H,4-5,13-15H2,1-3H3,(H3,26,27). The second-order valence-corrected chi connectivity index (χ2v) is 8.12. The van der Waals surface area contributed by atoms with Gasteiger partial charge in [-0.25, -0.2) is 0 Å². The quantitative estimate of drug-likeness (QED) is 0.386. The Labute approximate surface area is 179 Å². The van der Waals surface area contributed by atoms with Crippen molar-refractivity contribution in [2.75, 3.05) is 23.8 Å². The minimum Gasteiger partial charge on any atom is -0.384 e. The molecule has 1 saturated carbocycles. The monoisotopic (exact) mass is 402 g/mol. The number of nitrogens with zero attached hydrogens (tertiary/aromatic N) is 1. The van der Waals surface area contributed by atoms with E-state index >= 15 is 0 Å². The summed E-state index contributed by atoms with van der Waals surface area (Å²) in [6, 6.07) is 13.7. The van der Waals surface area contributed by atoms with Crippen LogP contribution in [-0.4, -0.2) is 30.8 Å². The molecule has 0 radical (unpaired) electrons. The second-order valence-electron chi connectivity index (χ2n) is 8.12. The van der Waals surface area contributed by atoms with Gasteiger partial charge in [0.2, 0.25) is 0 Å². The summed E-state index contributed by atoms with van der Waals surface area (Å²) in [7, 11) is 1.97. The van der Waals surface area contributed by atoms with E-state index in [1.54, 1.807) is 6.92 Å². The summed E-state index contributed by atoms with van der Waals surface area (Å²) in [5.41, 5.74) is 9.90. The van der Waals surface area contributed by atoms with Gasteiger partial charge in [0.05, 0.1) is 12.1 Å². The predicted molar refractivity (Wildman–Crippen MR) is 124 cm³/mol. The molecule has 4 N–H and O–H groups in total. The Bertz CT molecular complexity index is 1010. The third-order valence-corrected chi connectivity index (χ3v) is 5.88. The van der Waals surface area contributed by atoms with Crippen molar-refractivity contribution in [1.29, 1.82) is 5.41 Å². The first-order valence-electron chi connectivity index (χ1n) is 10.3. The number of amidine groups is 1. The number of nitrogens with two attached hydrogens (primary N) is 1. The van der Waals surface area contributed by atoms with Crippen molar-refractivity contribution in [2.24, 2.45) is 5.73 Å². The summed E-state index contributed by atoms with van der Waals surface area (Å²) in [5.74, 6) is 6.72. The van der Waals surface area contributed by atoms with Crippen LogP contribution in [0, 0.1) is 24.2 Å². The van der Waals surface area contributed by atoms with Gasteiger partial charge < -0.3 is 16.0 Å². The molecule has 1 fully saturated rings. The Kier molecular flexibility index (Phi) is 6.47. The molecule has 2 aromatic carbocycles. The van der Waals surface area contributed by atoms with Crippen LogP contribution in [0.4, 0.5) is 11.4 Å². The first-order chi connectivity index (χ1) is 14.3. The van der Waals surface area contributed by atoms with E-state index in [1.807, 2.05) is 48.3 Å². The zero-order chi connectivity index (χ0) is 21.7. The molecule has 0 heterocycles. The lowest BCUT2D eigenvalue weighted by Gasteiger charge is -2.29. The van der Waals surface area contributed by atoms with Gasteiger partial charge in [0.1, 0.15) is 5.84 Å². The molecule has 0 unspecified atom stereocenters. The number of anilines is 2. The number of aryl methyl sites for hydroxylation is 1. The molecule has 1 aliphatic rings. The summed E-state index contributed by atoms with van der Waals surface area (Å²) >= 11 is 0. The first kappa shape index (κ1) is 21.4. The van der Waals surface area contributed by atoms with Crippen molar-refractivity contribution in [3.05, 3.63) is 59.2 Å². The number of Topliss-reactive ketones (excluding diaryl/α,β-unsaturated/α-hetero) is 1. The lowest BCUT2D eigenvalue weighted by Crippen LogP contribution is -2.42. The molecule has 0 bridgehead atoms. The summed E-state index contributed by atoms with van der Waals surface area (Å²) in [5, 5.41) is 11.1. The smallest absolute Gasteiger partial charge is 0.155 e. The van der Waals surface area contributed by atoms with E-state index in [2.05, 4.69) is 30.1 Å². The maximum atomic E-state index is 12.2. The van der Waals surface area contributed by atoms with Gasteiger partial charge in [0.25, 0.3) is 0 Å². The van der Waals surface area contributed by atoms with Crippen LogP contribution < -0.4 is 16.0 Å². The Morgan fingerprint density at radius 1 is 1.23 bits per heavy atom. The summed E-state index contributed by atoms with van der Waals surface area (Å²) in [4.78, 5) is 14.2. The number of nitrogens with one attached hydrogen (secondary N) is 2. The fraction of sp³-hybridized carbons (Fsp3) is 0.360. The average molecular weight is 403 g/mol. The Morgan fingerprint density at radius 3 is 2.60 bits per heavy atom. The maximum Gasteiger partial charge on any atom is 0.155 e. The van der Waals surface area contributed by atoms with Crippen LogP contribution in [0.3, 0.4) is 0 Å². The summed E-state index contributed by atoms with van der Waals surface area (Å²) in [6.45, 7) is 4.31. The minimum absolute atomic E-state index is 0.0599. The lowest BCUT2D eigenvalue weighted by molar-refractivity contribution is -0.121. The molecule has 5 nitrogen and oxygen atoms in total. The summed E-state index contributed by atoms with van der Waals surface area (Å²) in [6.07, 6.45) is 4.00. The highest BCUT2D eigenvalue weighted by Gasteiger charge is 2.38. The predicted octanol–water partition coefficient (Wildman–Crippen LogP) is 4.08. The largest absolute Gasteiger partial charge is 0.384 e. The molecule has 0 amide bonds. The normalized spacial score (nSPS) is 14.5. The number of nitrogen functional groups attached to an aromatic ring is 1. The molecule has 0 atom stereocenters. The number of benzene rings is 2. The van der Waals surface area contributed by atoms with Gasteiger partial charge >= 0.3 is 0 Å². The van der Waals surface area contributed by atoms with Gasteiger partial charge in [0.15, 0.2) is 5.78 Å². The maximum absolute atomic E-state index is 12.2. The third-order valence-electron chi connectivity index (χ3n) is 5.88. The van der Waals surface area contributed by atoms with Crippen LogP contribution in [0.5, 0.6) is 0 Å². The van der Waals surface area contributed by atoms with Gasteiger partial charge in [-0.05, 0) is 62.6 Å². The van der Waals surface area contributed by atoms with E-state index in [1.165, 1.54) is 0 Å². The van der Waals surface area contributed by atoms with Crippen LogP contribution in [-0.2, 0) is 4.79 Å². The molecule has 0 aliphatic heterocycles. The molecular weight excluding hydrogens is 372 g/mol. The minimum atomic E-state index is -0.408. The van der Waals surface area contributed by atoms with Crippen molar-refractivity contribution in [3.63, 3.8) is 0 Å². The van der Waals surface area contributed by atoms with Crippen LogP contribution >= 0.6 is 0 Å². The number of hydrogen-bond donors (Lipinski definition) is 3. The fourth-order valence-electron chi connectivity index (χ4n) is 3.95. The van der Waals surface area contributed by atoms with Crippen molar-refractivity contribution in [2.45, 2.75) is 45.1 Å². The molecule has 1 aliphatic carbocycles. The molecule has 0 aromatic heterocycles. The van der Waals surface area contributed by atoms with Crippen LogP contribution in [0.1, 0.15) is 49.3 Å². The van der Waals surface area contributed by atoms with E-state index in [9.17, 15) is 4.79 Å². The molecule has 0 spiro atoms. The molecule has 5 heteroatoms. The van der Waals surface area contributed by atoms with Crippen LogP contribution in [0.25, 0.3) is 0 Å². The number of hydrogen-bond acceptors (Lipinski definition) is 4. The van der Waals surface area contributed by atoms with Gasteiger partial charge in [-0.15, -0.1) is 0 Å². The third kappa shape index (κ3) is 4.83. The van der Waals surface area contributed by atoms with E-state index in [0.29, 0.717) is 12.1 Å². The Balaban J connectivity index is 1.68. The molecular formula is C25H30N4O. The Morgan fingerprint density at radius 2 is 1.97 bits per heavy atom. The Hall–Kier alpha value is -3.26. The van der Waals surface area contributed by atoms with Gasteiger partial charge in [-0.3, -0.25) is 10.2 Å². The average Bonchev–Trinajstić information content (AvgIpc) is 3.20. The number of ketones is 1. The van der Waals surface area contributed by atoms with E-state index < -0.39 is 5.54 Å². The zero-order valence-corrected chi connectivity index (χ0v) is 18.0. The number of carbonyl (C=O) groups excluding carboxylic acids is 1. The highest BCUT2D eigenvalue weighted by Crippen LogP contribution is 2.35. The number of carbonyl (C=O) groups is 1. The first-order valence-corrected chi connectivity index (χ1v) is 10.3. The van der Waals surface area contributed by atoms with Crippen molar-refractivity contribution in [1.82, 2.24) is 0 Å². The SMILES string of the molecule is CC(=O)C1(Nc2ccc(C#CCN(C)c3cccc(C(=N)N)c3)cc2C)CCCC1. The molecule has 30 heavy (non-hydrogen) atoms. The van der Waals surface area contributed by atoms with Crippen molar-refractivity contribution < 1.29 is 4.79 Å². The molecule has 3 rings (SSSR count). The topological polar surface area (TPSA) is 82.2 Å². The fourth-order valence-corrected chi connectivity index (χ4v) is 3.95. The molecule has 0 saturated heterocycles. The highest BCUT2D eigenvalue weighted by molar-refractivity contribution is 5.95. The highest BCUT2D eigenvalue weighted by atomic mass is 16.1. The van der Waals surface area contributed by atoms with Gasteiger partial charge in [-0.2, -0.15) is 0 Å². The van der Waals surface area contributed by atoms with Gasteiger partial charge in [-0.1, -0.05) is 36.8 Å². The molecule has 2 aromatic rings. The summed E-state index contributed by atoms with van der Waals surface area (Å²) < 4.78 is 0. The van der Waals surface area contributed by atoms with Crippen LogP contribution in [0.2, 0.25) is 0 Å². The van der Waals surface area contributed by atoms with Crippen molar-refractivity contribution in [3.8, 4) is 11.8 Å². The zero-order valence-electron chi connectivity index (χ0n) is 18.0. The van der Waals surface area contributed by atoms with Gasteiger partial charge in [0, 0.05) is 29.5 Å². The number of rotatable bonds is 6. The van der Waals surface area contributed by atoms with E-state index in [-0.39, 0.29) is 11.6 Å². The van der Waals surface area contributed by atoms with Crippen molar-refractivity contribution >= 4 is 23.0 Å². The van der Waals surface area contributed by atoms with E-state index in [0.717, 1.165) is 48.2 Å². The second kappa shape index (κ2) is 9.04. The van der Waals surface area contributed by atoms with Crippen LogP contribution in [0.15, 0.2) is 42.5 Å². The lowest BCUT2D eigenvalue weighted by atomic mass is 9.92. The van der Waals surface area contributed by atoms with E-state index in [4.69, 9.17) is 11.1 Å². The molecule has 156 valence electrons.